The van der Waals surface area contributed by atoms with E-state index in [0.717, 1.165) is 11.3 Å². The number of hydrazine groups is 1. The van der Waals surface area contributed by atoms with E-state index < -0.39 is 6.29 Å². The molecule has 1 saturated heterocycles. The molecule has 0 radical (unpaired) electrons. The van der Waals surface area contributed by atoms with Crippen LogP contribution in [0.15, 0.2) is 48.5 Å². The second-order valence-electron chi connectivity index (χ2n) is 6.19. The third-order valence-electron chi connectivity index (χ3n) is 4.18. The lowest BCUT2D eigenvalue weighted by atomic mass is 10.0. The van der Waals surface area contributed by atoms with Gasteiger partial charge in [-0.3, -0.25) is 4.79 Å². The van der Waals surface area contributed by atoms with Gasteiger partial charge in [-0.2, -0.15) is 0 Å². The summed E-state index contributed by atoms with van der Waals surface area (Å²) in [6, 6.07) is 14.6. The highest BCUT2D eigenvalue weighted by atomic mass is 16.5. The number of esters is 1. The lowest BCUT2D eigenvalue weighted by Gasteiger charge is -2.32. The molecule has 0 bridgehead atoms. The maximum Gasteiger partial charge on any atom is 0.337 e. The number of hydrogen-bond acceptors (Lipinski definition) is 6. The molecule has 0 aromatic heterocycles. The predicted molar refractivity (Wildman–Crippen MR) is 98.3 cm³/mol. The minimum Gasteiger partial charge on any atom is -0.465 e. The fourth-order valence-electron chi connectivity index (χ4n) is 2.69. The summed E-state index contributed by atoms with van der Waals surface area (Å²) in [6.45, 7) is 2.03. The highest BCUT2D eigenvalue weighted by molar-refractivity contribution is 5.89. The van der Waals surface area contributed by atoms with Crippen LogP contribution in [0.1, 0.15) is 21.5 Å². The second kappa shape index (κ2) is 7.99. The molecular formula is C19H22N4O3. The lowest BCUT2D eigenvalue weighted by Crippen LogP contribution is -2.68. The van der Waals surface area contributed by atoms with Crippen LogP contribution in [0.2, 0.25) is 0 Å². The van der Waals surface area contributed by atoms with Crippen molar-refractivity contribution < 1.29 is 14.3 Å². The van der Waals surface area contributed by atoms with Crippen molar-refractivity contribution in [2.45, 2.75) is 25.7 Å². The third-order valence-corrected chi connectivity index (χ3v) is 4.18. The molecule has 2 aromatic rings. The lowest BCUT2D eigenvalue weighted by molar-refractivity contribution is -0.126. The monoisotopic (exact) mass is 354 g/mol. The van der Waals surface area contributed by atoms with Gasteiger partial charge in [-0.25, -0.2) is 15.6 Å². The number of methoxy groups -OCH3 is 1. The van der Waals surface area contributed by atoms with E-state index in [1.807, 2.05) is 31.2 Å². The molecule has 4 N–H and O–H groups in total. The molecule has 1 aliphatic heterocycles. The van der Waals surface area contributed by atoms with Crippen molar-refractivity contribution in [2.75, 3.05) is 12.4 Å². The van der Waals surface area contributed by atoms with Crippen molar-refractivity contribution in [1.82, 2.24) is 16.2 Å². The Morgan fingerprint density at radius 3 is 2.38 bits per heavy atom. The van der Waals surface area contributed by atoms with Gasteiger partial charge in [0.05, 0.1) is 12.7 Å². The van der Waals surface area contributed by atoms with Crippen molar-refractivity contribution in [1.29, 1.82) is 0 Å². The van der Waals surface area contributed by atoms with Gasteiger partial charge in [-0.05, 0) is 43.2 Å². The number of benzene rings is 2. The Hall–Kier alpha value is -2.90. The van der Waals surface area contributed by atoms with E-state index in [4.69, 9.17) is 0 Å². The van der Waals surface area contributed by atoms with Gasteiger partial charge >= 0.3 is 5.97 Å². The minimum absolute atomic E-state index is 0.0898. The predicted octanol–water partition coefficient (Wildman–Crippen LogP) is 1.31. The van der Waals surface area contributed by atoms with Crippen molar-refractivity contribution in [3.63, 3.8) is 0 Å². The van der Waals surface area contributed by atoms with Crippen molar-refractivity contribution >= 4 is 17.6 Å². The highest BCUT2D eigenvalue weighted by Gasteiger charge is 2.27. The standard InChI is InChI=1S/C19H22N4O3/c1-12-3-5-13(6-4-12)11-16-17(24)21-19(23-22-16)20-15-9-7-14(8-10-15)18(25)26-2/h3-10,16,19-20,22-23H,11H2,1-2H3,(H,21,24). The first-order chi connectivity index (χ1) is 12.5. The van der Waals surface area contributed by atoms with Gasteiger partial charge in [0.25, 0.3) is 0 Å². The fraction of sp³-hybridized carbons (Fsp3) is 0.263. The van der Waals surface area contributed by atoms with Crippen LogP contribution < -0.4 is 21.5 Å². The van der Waals surface area contributed by atoms with E-state index in [0.29, 0.717) is 12.0 Å². The summed E-state index contributed by atoms with van der Waals surface area (Å²) in [7, 11) is 1.34. The molecule has 26 heavy (non-hydrogen) atoms. The Morgan fingerprint density at radius 2 is 1.77 bits per heavy atom. The molecule has 0 spiro atoms. The van der Waals surface area contributed by atoms with Crippen LogP contribution in [0.4, 0.5) is 5.69 Å². The van der Waals surface area contributed by atoms with E-state index in [1.54, 1.807) is 24.3 Å². The summed E-state index contributed by atoms with van der Waals surface area (Å²) in [5.41, 5.74) is 9.59. The molecule has 2 atom stereocenters. The molecule has 3 rings (SSSR count). The average molecular weight is 354 g/mol. The number of carbonyl (C=O) groups excluding carboxylic acids is 2. The largest absolute Gasteiger partial charge is 0.465 e. The normalized spacial score (nSPS) is 19.5. The molecule has 0 aliphatic carbocycles. The van der Waals surface area contributed by atoms with Crippen LogP contribution in [0.3, 0.4) is 0 Å². The summed E-state index contributed by atoms with van der Waals surface area (Å²) in [5, 5.41) is 6.01. The van der Waals surface area contributed by atoms with E-state index in [9.17, 15) is 9.59 Å². The van der Waals surface area contributed by atoms with Crippen molar-refractivity contribution in [3.8, 4) is 0 Å². The smallest absolute Gasteiger partial charge is 0.337 e. The molecule has 7 heteroatoms. The number of ether oxygens (including phenoxy) is 1. The first-order valence-corrected chi connectivity index (χ1v) is 8.37. The Labute approximate surface area is 152 Å². The molecule has 7 nitrogen and oxygen atoms in total. The van der Waals surface area contributed by atoms with Gasteiger partial charge in [0.1, 0.15) is 6.04 Å². The SMILES string of the molecule is COC(=O)c1ccc(NC2NNC(Cc3ccc(C)cc3)C(=O)N2)cc1. The van der Waals surface area contributed by atoms with Crippen LogP contribution in [0.25, 0.3) is 0 Å². The van der Waals surface area contributed by atoms with E-state index in [1.165, 1.54) is 12.7 Å². The summed E-state index contributed by atoms with van der Waals surface area (Å²) >= 11 is 0. The van der Waals surface area contributed by atoms with E-state index in [2.05, 4.69) is 26.2 Å². The molecule has 2 unspecified atom stereocenters. The summed E-state index contributed by atoms with van der Waals surface area (Å²) in [4.78, 5) is 23.8. The molecule has 1 fully saturated rings. The second-order valence-corrected chi connectivity index (χ2v) is 6.19. The van der Waals surface area contributed by atoms with Gasteiger partial charge in [0, 0.05) is 5.69 Å². The Kier molecular flexibility index (Phi) is 5.50. The number of anilines is 1. The van der Waals surface area contributed by atoms with E-state index >= 15 is 0 Å². The number of aryl methyl sites for hydroxylation is 1. The van der Waals surface area contributed by atoms with Crippen LogP contribution in [-0.4, -0.2) is 31.3 Å². The van der Waals surface area contributed by atoms with E-state index in [-0.39, 0.29) is 17.9 Å². The summed E-state index contributed by atoms with van der Waals surface area (Å²) in [5.74, 6) is -0.478. The zero-order valence-electron chi connectivity index (χ0n) is 14.7. The van der Waals surface area contributed by atoms with Crippen LogP contribution in [-0.2, 0) is 16.0 Å². The molecule has 0 saturated carbocycles. The number of nitrogens with one attached hydrogen (secondary N) is 4. The number of hydrogen-bond donors (Lipinski definition) is 4. The molecule has 1 amide bonds. The number of amides is 1. The highest BCUT2D eigenvalue weighted by Crippen LogP contribution is 2.12. The average Bonchev–Trinajstić information content (AvgIpc) is 2.65. The molecule has 2 aromatic carbocycles. The zero-order chi connectivity index (χ0) is 18.5. The summed E-state index contributed by atoms with van der Waals surface area (Å²) in [6.07, 6.45) is 0.139. The fourth-order valence-corrected chi connectivity index (χ4v) is 2.69. The van der Waals surface area contributed by atoms with Crippen LogP contribution in [0, 0.1) is 6.92 Å². The van der Waals surface area contributed by atoms with Gasteiger partial charge in [-0.15, -0.1) is 0 Å². The van der Waals surface area contributed by atoms with Crippen molar-refractivity contribution in [3.05, 3.63) is 65.2 Å². The van der Waals surface area contributed by atoms with Gasteiger partial charge in [0.2, 0.25) is 5.91 Å². The van der Waals surface area contributed by atoms with Gasteiger partial charge in [-0.1, -0.05) is 29.8 Å². The number of rotatable bonds is 5. The van der Waals surface area contributed by atoms with Crippen LogP contribution in [0.5, 0.6) is 0 Å². The maximum absolute atomic E-state index is 12.3. The topological polar surface area (TPSA) is 91.5 Å². The summed E-state index contributed by atoms with van der Waals surface area (Å²) < 4.78 is 4.67. The first kappa shape index (κ1) is 17.9. The zero-order valence-corrected chi connectivity index (χ0v) is 14.7. The quantitative estimate of drug-likeness (QED) is 0.605. The Balaban J connectivity index is 1.54. The Bertz CT molecular complexity index is 774. The van der Waals surface area contributed by atoms with Crippen LogP contribution >= 0.6 is 0 Å². The maximum atomic E-state index is 12.3. The van der Waals surface area contributed by atoms with Gasteiger partial charge < -0.3 is 15.4 Å². The Morgan fingerprint density at radius 1 is 1.08 bits per heavy atom. The molecule has 1 heterocycles. The molecular weight excluding hydrogens is 332 g/mol. The first-order valence-electron chi connectivity index (χ1n) is 8.37. The molecule has 1 aliphatic rings. The van der Waals surface area contributed by atoms with Crippen molar-refractivity contribution in [2.24, 2.45) is 0 Å². The third kappa shape index (κ3) is 4.38. The number of carbonyl (C=O) groups is 2. The van der Waals surface area contributed by atoms with Gasteiger partial charge in [0.15, 0.2) is 6.29 Å². The molecule has 136 valence electrons. The minimum atomic E-state index is -0.458.